The van der Waals surface area contributed by atoms with E-state index in [1.807, 2.05) is 20.8 Å². The van der Waals surface area contributed by atoms with Crippen LogP contribution in [0.25, 0.3) is 11.1 Å². The van der Waals surface area contributed by atoms with Crippen LogP contribution in [0, 0.1) is 5.92 Å². The fourth-order valence-corrected chi connectivity index (χ4v) is 3.10. The van der Waals surface area contributed by atoms with E-state index >= 15 is 0 Å². The highest BCUT2D eigenvalue weighted by Crippen LogP contribution is 2.23. The van der Waals surface area contributed by atoms with Gasteiger partial charge in [0, 0.05) is 31.7 Å². The number of aromatic nitrogens is 1. The van der Waals surface area contributed by atoms with E-state index in [9.17, 15) is 14.4 Å². The van der Waals surface area contributed by atoms with E-state index in [0.29, 0.717) is 42.7 Å². The standard InChI is InChI=1S/C19H25N3O5/c1-19(2,3)27-18(25)22-9-7-12(8-10-22)16(23)20-13-5-6-15-14(11-13)21(4)17(24)26-15/h5-6,11-12H,7-10H2,1-4H3,(H,20,23). The molecule has 1 aromatic carbocycles. The number of rotatable bonds is 2. The van der Waals surface area contributed by atoms with E-state index in [1.54, 1.807) is 30.1 Å². The molecule has 1 aliphatic rings. The van der Waals surface area contributed by atoms with Gasteiger partial charge >= 0.3 is 11.8 Å². The number of oxazole rings is 1. The highest BCUT2D eigenvalue weighted by atomic mass is 16.6. The van der Waals surface area contributed by atoms with E-state index in [1.165, 1.54) is 4.57 Å². The normalized spacial score (nSPS) is 15.8. The van der Waals surface area contributed by atoms with Crippen LogP contribution < -0.4 is 11.1 Å². The Bertz CT molecular complexity index is 914. The molecule has 1 aliphatic heterocycles. The zero-order chi connectivity index (χ0) is 19.8. The number of likely N-dealkylation sites (tertiary alicyclic amines) is 1. The molecule has 0 aliphatic carbocycles. The number of carbonyl (C=O) groups excluding carboxylic acids is 2. The van der Waals surface area contributed by atoms with Crippen molar-refractivity contribution in [2.75, 3.05) is 18.4 Å². The summed E-state index contributed by atoms with van der Waals surface area (Å²) in [4.78, 5) is 37.9. The first-order chi connectivity index (χ1) is 12.6. The molecule has 1 saturated heterocycles. The highest BCUT2D eigenvalue weighted by Gasteiger charge is 2.30. The van der Waals surface area contributed by atoms with Crippen LogP contribution >= 0.6 is 0 Å². The topological polar surface area (TPSA) is 93.8 Å². The third-order valence-corrected chi connectivity index (χ3v) is 4.58. The fourth-order valence-electron chi connectivity index (χ4n) is 3.10. The minimum atomic E-state index is -0.531. The second-order valence-electron chi connectivity index (χ2n) is 7.84. The van der Waals surface area contributed by atoms with Crippen molar-refractivity contribution < 1.29 is 18.7 Å². The Kier molecular flexibility index (Phi) is 4.99. The molecule has 0 radical (unpaired) electrons. The fraction of sp³-hybridized carbons (Fsp3) is 0.526. The molecule has 8 heteroatoms. The second kappa shape index (κ2) is 7.09. The van der Waals surface area contributed by atoms with Gasteiger partial charge in [-0.3, -0.25) is 9.36 Å². The molecule has 27 heavy (non-hydrogen) atoms. The summed E-state index contributed by atoms with van der Waals surface area (Å²) in [6.07, 6.45) is 0.822. The van der Waals surface area contributed by atoms with Crippen LogP contribution in [0.2, 0.25) is 0 Å². The molecule has 146 valence electrons. The van der Waals surface area contributed by atoms with Crippen LogP contribution in [0.4, 0.5) is 10.5 Å². The summed E-state index contributed by atoms with van der Waals surface area (Å²) < 4.78 is 11.9. The number of benzene rings is 1. The lowest BCUT2D eigenvalue weighted by molar-refractivity contribution is -0.121. The molecular weight excluding hydrogens is 350 g/mol. The van der Waals surface area contributed by atoms with Gasteiger partial charge in [-0.1, -0.05) is 0 Å². The summed E-state index contributed by atoms with van der Waals surface area (Å²) in [7, 11) is 1.62. The quantitative estimate of drug-likeness (QED) is 0.871. The van der Waals surface area contributed by atoms with Crippen LogP contribution in [0.15, 0.2) is 27.4 Å². The third kappa shape index (κ3) is 4.32. The van der Waals surface area contributed by atoms with Gasteiger partial charge in [-0.2, -0.15) is 0 Å². The predicted octanol–water partition coefficient (Wildman–Crippen LogP) is 2.72. The average molecular weight is 375 g/mol. The lowest BCUT2D eigenvalue weighted by atomic mass is 9.96. The van der Waals surface area contributed by atoms with Gasteiger partial charge in [-0.05, 0) is 51.8 Å². The summed E-state index contributed by atoms with van der Waals surface area (Å²) in [6.45, 7) is 6.47. The largest absolute Gasteiger partial charge is 0.444 e. The van der Waals surface area contributed by atoms with E-state index in [4.69, 9.17) is 9.15 Å². The van der Waals surface area contributed by atoms with Crippen LogP contribution in [0.3, 0.4) is 0 Å². The molecule has 1 N–H and O–H groups in total. The van der Waals surface area contributed by atoms with Crippen molar-refractivity contribution in [1.29, 1.82) is 0 Å². The van der Waals surface area contributed by atoms with Gasteiger partial charge in [-0.15, -0.1) is 0 Å². The molecule has 0 unspecified atom stereocenters. The number of ether oxygens (including phenoxy) is 1. The first-order valence-corrected chi connectivity index (χ1v) is 9.02. The van der Waals surface area contributed by atoms with Crippen molar-refractivity contribution in [1.82, 2.24) is 9.47 Å². The molecule has 0 bridgehead atoms. The monoisotopic (exact) mass is 375 g/mol. The maximum absolute atomic E-state index is 12.6. The van der Waals surface area contributed by atoms with Crippen LogP contribution in [0.1, 0.15) is 33.6 Å². The van der Waals surface area contributed by atoms with Crippen LogP contribution in [-0.4, -0.2) is 40.2 Å². The smallest absolute Gasteiger partial charge is 0.419 e. The first kappa shape index (κ1) is 19.0. The molecule has 0 spiro atoms. The number of fused-ring (bicyclic) bond motifs is 1. The molecule has 2 aromatic rings. The molecule has 8 nitrogen and oxygen atoms in total. The van der Waals surface area contributed by atoms with Gasteiger partial charge < -0.3 is 19.4 Å². The average Bonchev–Trinajstić information content (AvgIpc) is 2.88. The van der Waals surface area contributed by atoms with Crippen molar-refractivity contribution in [2.45, 2.75) is 39.2 Å². The summed E-state index contributed by atoms with van der Waals surface area (Å²) in [5.74, 6) is -0.706. The molecule has 0 saturated carbocycles. The van der Waals surface area contributed by atoms with Crippen molar-refractivity contribution in [3.05, 3.63) is 28.7 Å². The Hall–Kier alpha value is -2.77. The lowest BCUT2D eigenvalue weighted by Gasteiger charge is -2.32. The number of nitrogens with one attached hydrogen (secondary N) is 1. The Morgan fingerprint density at radius 2 is 1.89 bits per heavy atom. The zero-order valence-electron chi connectivity index (χ0n) is 16.1. The van der Waals surface area contributed by atoms with Crippen molar-refractivity contribution in [2.24, 2.45) is 13.0 Å². The summed E-state index contributed by atoms with van der Waals surface area (Å²) in [6, 6.07) is 5.09. The maximum atomic E-state index is 12.6. The minimum absolute atomic E-state index is 0.0910. The Labute approximate surface area is 157 Å². The highest BCUT2D eigenvalue weighted by molar-refractivity contribution is 5.94. The number of hydrogen-bond acceptors (Lipinski definition) is 5. The van der Waals surface area contributed by atoms with Crippen molar-refractivity contribution >= 4 is 28.8 Å². The Morgan fingerprint density at radius 1 is 1.22 bits per heavy atom. The van der Waals surface area contributed by atoms with E-state index < -0.39 is 11.4 Å². The van der Waals surface area contributed by atoms with E-state index in [-0.39, 0.29) is 17.9 Å². The number of piperidine rings is 1. The first-order valence-electron chi connectivity index (χ1n) is 9.02. The van der Waals surface area contributed by atoms with Crippen molar-refractivity contribution in [3.63, 3.8) is 0 Å². The molecule has 2 amide bonds. The molecule has 0 atom stereocenters. The lowest BCUT2D eigenvalue weighted by Crippen LogP contribution is -2.43. The van der Waals surface area contributed by atoms with Gasteiger partial charge in [0.15, 0.2) is 5.58 Å². The molecule has 2 heterocycles. The van der Waals surface area contributed by atoms with Gasteiger partial charge in [0.05, 0.1) is 5.52 Å². The number of anilines is 1. The van der Waals surface area contributed by atoms with Crippen molar-refractivity contribution in [3.8, 4) is 0 Å². The van der Waals surface area contributed by atoms with Crippen LogP contribution in [0.5, 0.6) is 0 Å². The SMILES string of the molecule is Cn1c(=O)oc2ccc(NC(=O)C3CCN(C(=O)OC(C)(C)C)CC3)cc21. The number of hydrogen-bond donors (Lipinski definition) is 1. The van der Waals surface area contributed by atoms with Gasteiger partial charge in [0.1, 0.15) is 5.60 Å². The zero-order valence-corrected chi connectivity index (χ0v) is 16.1. The van der Waals surface area contributed by atoms with E-state index in [2.05, 4.69) is 5.32 Å². The predicted molar refractivity (Wildman–Crippen MR) is 101 cm³/mol. The molecule has 1 aromatic heterocycles. The molecule has 3 rings (SSSR count). The van der Waals surface area contributed by atoms with Gasteiger partial charge in [0.2, 0.25) is 5.91 Å². The van der Waals surface area contributed by atoms with Gasteiger partial charge in [0.25, 0.3) is 0 Å². The number of amides is 2. The maximum Gasteiger partial charge on any atom is 0.419 e. The summed E-state index contributed by atoms with van der Waals surface area (Å²) in [5.41, 5.74) is 1.18. The second-order valence-corrected chi connectivity index (χ2v) is 7.84. The number of carbonyl (C=O) groups is 2. The molecule has 1 fully saturated rings. The van der Waals surface area contributed by atoms with Gasteiger partial charge in [-0.25, -0.2) is 9.59 Å². The minimum Gasteiger partial charge on any atom is -0.444 e. The summed E-state index contributed by atoms with van der Waals surface area (Å²) in [5, 5.41) is 2.89. The molecular formula is C19H25N3O5. The summed E-state index contributed by atoms with van der Waals surface area (Å²) >= 11 is 0. The number of nitrogens with zero attached hydrogens (tertiary/aromatic N) is 2. The Balaban J connectivity index is 1.59. The third-order valence-electron chi connectivity index (χ3n) is 4.58. The van der Waals surface area contributed by atoms with Crippen LogP contribution in [-0.2, 0) is 16.6 Å². The number of aryl methyl sites for hydroxylation is 1. The van der Waals surface area contributed by atoms with E-state index in [0.717, 1.165) is 0 Å². The Morgan fingerprint density at radius 3 is 2.52 bits per heavy atom.